The molecule has 0 radical (unpaired) electrons. The van der Waals surface area contributed by atoms with Gasteiger partial charge in [0.1, 0.15) is 5.82 Å². The predicted molar refractivity (Wildman–Crippen MR) is 94.1 cm³/mol. The first-order chi connectivity index (χ1) is 11.5. The Labute approximate surface area is 154 Å². The van der Waals surface area contributed by atoms with Gasteiger partial charge in [0.05, 0.1) is 15.6 Å². The predicted octanol–water partition coefficient (Wildman–Crippen LogP) is 7.62. The average Bonchev–Trinajstić information content (AvgIpc) is 2.48. The van der Waals surface area contributed by atoms with Crippen LogP contribution in [0.1, 0.15) is 54.9 Å². The summed E-state index contributed by atoms with van der Waals surface area (Å²) in [7, 11) is 0. The van der Waals surface area contributed by atoms with Crippen molar-refractivity contribution >= 4 is 23.2 Å². The molecule has 1 atom stereocenters. The molecule has 136 valence electrons. The van der Waals surface area contributed by atoms with Gasteiger partial charge in [-0.1, -0.05) is 56.1 Å². The summed E-state index contributed by atoms with van der Waals surface area (Å²) in [5.74, 6) is -1.24. The monoisotopic (exact) mass is 392 g/mol. The lowest BCUT2D eigenvalue weighted by Crippen LogP contribution is -2.09. The zero-order valence-electron chi connectivity index (χ0n) is 14.0. The van der Waals surface area contributed by atoms with Gasteiger partial charge < -0.3 is 0 Å². The molecule has 0 amide bonds. The van der Waals surface area contributed by atoms with Gasteiger partial charge in [0, 0.05) is 0 Å². The highest BCUT2D eigenvalue weighted by atomic mass is 35.5. The highest BCUT2D eigenvalue weighted by molar-refractivity contribution is 6.42. The molecule has 1 unspecified atom stereocenters. The molecule has 0 saturated heterocycles. The SMILES string of the molecule is CC(C)c1cc(CC(C)c2ccc(C(F)(F)F)c(F)c2)cc(Cl)c1Cl. The van der Waals surface area contributed by atoms with Crippen molar-refractivity contribution in [1.29, 1.82) is 0 Å². The molecule has 0 aliphatic carbocycles. The molecule has 0 bridgehead atoms. The summed E-state index contributed by atoms with van der Waals surface area (Å²) in [6.07, 6.45) is -4.18. The van der Waals surface area contributed by atoms with E-state index in [0.29, 0.717) is 22.0 Å². The van der Waals surface area contributed by atoms with E-state index in [1.807, 2.05) is 26.8 Å². The maximum Gasteiger partial charge on any atom is 0.419 e. The molecule has 0 fully saturated rings. The molecular formula is C19H18Cl2F4. The third kappa shape index (κ3) is 4.68. The molecule has 2 aromatic rings. The Morgan fingerprint density at radius 3 is 2.16 bits per heavy atom. The molecule has 25 heavy (non-hydrogen) atoms. The third-order valence-corrected chi connectivity index (χ3v) is 4.96. The summed E-state index contributed by atoms with van der Waals surface area (Å²) in [5.41, 5.74) is 1.07. The Kier molecular flexibility index (Phi) is 6.05. The quantitative estimate of drug-likeness (QED) is 0.469. The van der Waals surface area contributed by atoms with E-state index in [1.54, 1.807) is 6.07 Å². The lowest BCUT2D eigenvalue weighted by atomic mass is 9.91. The van der Waals surface area contributed by atoms with Crippen LogP contribution in [0.2, 0.25) is 10.0 Å². The van der Waals surface area contributed by atoms with E-state index >= 15 is 0 Å². The largest absolute Gasteiger partial charge is 0.419 e. The summed E-state index contributed by atoms with van der Waals surface area (Å²) >= 11 is 12.4. The molecule has 0 saturated carbocycles. The molecule has 0 aliphatic rings. The number of hydrogen-bond acceptors (Lipinski definition) is 0. The second kappa shape index (κ2) is 7.55. The van der Waals surface area contributed by atoms with Crippen molar-refractivity contribution in [2.24, 2.45) is 0 Å². The van der Waals surface area contributed by atoms with E-state index < -0.39 is 17.6 Å². The molecular weight excluding hydrogens is 375 g/mol. The highest BCUT2D eigenvalue weighted by Crippen LogP contribution is 2.35. The molecule has 0 heterocycles. The van der Waals surface area contributed by atoms with Crippen LogP contribution in [0.3, 0.4) is 0 Å². The number of benzene rings is 2. The average molecular weight is 393 g/mol. The fraction of sp³-hybridized carbons (Fsp3) is 0.368. The van der Waals surface area contributed by atoms with Gasteiger partial charge in [-0.3, -0.25) is 0 Å². The molecule has 2 rings (SSSR count). The Hall–Kier alpha value is -1.26. The molecule has 0 aromatic heterocycles. The number of rotatable bonds is 4. The number of alkyl halides is 3. The zero-order valence-corrected chi connectivity index (χ0v) is 15.5. The fourth-order valence-corrected chi connectivity index (χ4v) is 3.32. The van der Waals surface area contributed by atoms with Crippen LogP contribution in [0.4, 0.5) is 17.6 Å². The van der Waals surface area contributed by atoms with Crippen LogP contribution in [-0.4, -0.2) is 0 Å². The summed E-state index contributed by atoms with van der Waals surface area (Å²) < 4.78 is 51.8. The maximum atomic E-state index is 13.8. The van der Waals surface area contributed by atoms with Gasteiger partial charge in [0.2, 0.25) is 0 Å². The van der Waals surface area contributed by atoms with Crippen molar-refractivity contribution in [3.8, 4) is 0 Å². The lowest BCUT2D eigenvalue weighted by Gasteiger charge is -2.17. The molecule has 0 nitrogen and oxygen atoms in total. The van der Waals surface area contributed by atoms with E-state index in [9.17, 15) is 17.6 Å². The van der Waals surface area contributed by atoms with Gasteiger partial charge in [-0.15, -0.1) is 0 Å². The van der Waals surface area contributed by atoms with Crippen molar-refractivity contribution in [3.63, 3.8) is 0 Å². The van der Waals surface area contributed by atoms with Gasteiger partial charge in [-0.2, -0.15) is 13.2 Å². The van der Waals surface area contributed by atoms with E-state index in [0.717, 1.165) is 23.3 Å². The molecule has 0 spiro atoms. The minimum absolute atomic E-state index is 0.172. The standard InChI is InChI=1S/C19H18Cl2F4/c1-10(2)14-7-12(8-16(20)18(14)21)6-11(3)13-4-5-15(17(22)9-13)19(23,24)25/h4-5,7-11H,6H2,1-3H3. The summed E-state index contributed by atoms with van der Waals surface area (Å²) in [5, 5.41) is 0.947. The molecule has 0 N–H and O–H groups in total. The van der Waals surface area contributed by atoms with E-state index in [1.165, 1.54) is 6.07 Å². The van der Waals surface area contributed by atoms with E-state index in [-0.39, 0.29) is 11.8 Å². The van der Waals surface area contributed by atoms with Crippen LogP contribution in [0.25, 0.3) is 0 Å². The Balaban J connectivity index is 2.28. The van der Waals surface area contributed by atoms with Gasteiger partial charge in [0.15, 0.2) is 0 Å². The number of hydrogen-bond donors (Lipinski definition) is 0. The summed E-state index contributed by atoms with van der Waals surface area (Å²) in [6, 6.07) is 6.74. The van der Waals surface area contributed by atoms with Crippen molar-refractivity contribution in [1.82, 2.24) is 0 Å². The first kappa shape index (κ1) is 20.1. The van der Waals surface area contributed by atoms with Crippen molar-refractivity contribution in [3.05, 3.63) is 68.4 Å². The van der Waals surface area contributed by atoms with E-state index in [4.69, 9.17) is 23.2 Å². The number of halogens is 6. The maximum absolute atomic E-state index is 13.8. The Morgan fingerprint density at radius 1 is 1.00 bits per heavy atom. The zero-order chi connectivity index (χ0) is 18.9. The van der Waals surface area contributed by atoms with E-state index in [2.05, 4.69) is 0 Å². The van der Waals surface area contributed by atoms with Crippen LogP contribution in [0.15, 0.2) is 30.3 Å². The minimum Gasteiger partial charge on any atom is -0.206 e. The first-order valence-corrected chi connectivity index (χ1v) is 8.60. The Bertz CT molecular complexity index is 767. The second-order valence-corrected chi connectivity index (χ2v) is 7.26. The topological polar surface area (TPSA) is 0 Å². The summed E-state index contributed by atoms with van der Waals surface area (Å²) in [4.78, 5) is 0. The molecule has 2 aromatic carbocycles. The van der Waals surface area contributed by atoms with Gasteiger partial charge in [-0.05, 0) is 53.1 Å². The van der Waals surface area contributed by atoms with Crippen LogP contribution in [0, 0.1) is 5.82 Å². The van der Waals surface area contributed by atoms with Crippen molar-refractivity contribution in [2.45, 2.75) is 45.2 Å². The highest BCUT2D eigenvalue weighted by Gasteiger charge is 2.34. The normalized spacial score (nSPS) is 13.4. The third-order valence-electron chi connectivity index (χ3n) is 4.15. The van der Waals surface area contributed by atoms with Crippen LogP contribution in [-0.2, 0) is 12.6 Å². The van der Waals surface area contributed by atoms with Gasteiger partial charge in [0.25, 0.3) is 0 Å². The van der Waals surface area contributed by atoms with Crippen LogP contribution < -0.4 is 0 Å². The Morgan fingerprint density at radius 2 is 1.64 bits per heavy atom. The fourth-order valence-electron chi connectivity index (χ4n) is 2.75. The minimum atomic E-state index is -4.69. The lowest BCUT2D eigenvalue weighted by molar-refractivity contribution is -0.140. The first-order valence-electron chi connectivity index (χ1n) is 7.85. The smallest absolute Gasteiger partial charge is 0.206 e. The van der Waals surface area contributed by atoms with Crippen LogP contribution >= 0.6 is 23.2 Å². The van der Waals surface area contributed by atoms with Gasteiger partial charge in [-0.25, -0.2) is 4.39 Å². The molecule has 0 aliphatic heterocycles. The van der Waals surface area contributed by atoms with Crippen molar-refractivity contribution < 1.29 is 17.6 Å². The van der Waals surface area contributed by atoms with Crippen LogP contribution in [0.5, 0.6) is 0 Å². The van der Waals surface area contributed by atoms with Crippen molar-refractivity contribution in [2.75, 3.05) is 0 Å². The second-order valence-electron chi connectivity index (χ2n) is 6.48. The summed E-state index contributed by atoms with van der Waals surface area (Å²) in [6.45, 7) is 5.82. The molecule has 6 heteroatoms. The van der Waals surface area contributed by atoms with Gasteiger partial charge >= 0.3 is 6.18 Å².